The number of nitrogens with one attached hydrogen (secondary N) is 1. The highest BCUT2D eigenvalue weighted by Crippen LogP contribution is 2.66. The van der Waals surface area contributed by atoms with E-state index >= 15 is 0 Å². The van der Waals surface area contributed by atoms with Gasteiger partial charge in [0.1, 0.15) is 5.78 Å². The van der Waals surface area contributed by atoms with Crippen LogP contribution < -0.4 is 5.32 Å². The molecule has 1 unspecified atom stereocenters. The van der Waals surface area contributed by atoms with Crippen molar-refractivity contribution in [3.8, 4) is 0 Å². The largest absolute Gasteiger partial charge is 0.471 e. The number of amides is 1. The van der Waals surface area contributed by atoms with Crippen LogP contribution >= 0.6 is 0 Å². The predicted octanol–water partition coefficient (Wildman–Crippen LogP) is 4.62. The van der Waals surface area contributed by atoms with Gasteiger partial charge < -0.3 is 5.32 Å². The summed E-state index contributed by atoms with van der Waals surface area (Å²) in [6.07, 6.45) is 1.22. The highest BCUT2D eigenvalue weighted by Gasteiger charge is 2.61. The zero-order valence-electron chi connectivity index (χ0n) is 20.0. The number of ketones is 1. The molecule has 0 bridgehead atoms. The third kappa shape index (κ3) is 4.24. The molecule has 0 aromatic heterocycles. The van der Waals surface area contributed by atoms with Crippen molar-refractivity contribution in [3.63, 3.8) is 0 Å². The van der Waals surface area contributed by atoms with Gasteiger partial charge in [-0.3, -0.25) is 9.59 Å². The van der Waals surface area contributed by atoms with Crippen LogP contribution in [0.15, 0.2) is 12.2 Å². The van der Waals surface area contributed by atoms with E-state index < -0.39 is 27.2 Å². The van der Waals surface area contributed by atoms with E-state index in [1.807, 2.05) is 0 Å². The summed E-state index contributed by atoms with van der Waals surface area (Å²) in [5.74, 6) is -0.484. The minimum Gasteiger partial charge on any atom is -0.348 e. The van der Waals surface area contributed by atoms with Gasteiger partial charge in [0, 0.05) is 18.4 Å². The number of allylic oxidation sites excluding steroid dienone is 1. The Bertz CT molecular complexity index is 977. The molecule has 0 spiro atoms. The molecule has 4 aliphatic carbocycles. The summed E-state index contributed by atoms with van der Waals surface area (Å²) in [7, 11) is -3.50. The molecular formula is C25H36F3NO4S. The average Bonchev–Trinajstić information content (AvgIpc) is 3.05. The predicted molar refractivity (Wildman–Crippen MR) is 123 cm³/mol. The smallest absolute Gasteiger partial charge is 0.348 e. The number of halogens is 3. The molecule has 0 saturated heterocycles. The summed E-state index contributed by atoms with van der Waals surface area (Å²) in [5.41, 5.74) is 0.858. The van der Waals surface area contributed by atoms with Crippen LogP contribution in [0.25, 0.3) is 0 Å². The van der Waals surface area contributed by atoms with Gasteiger partial charge >= 0.3 is 12.1 Å². The molecule has 192 valence electrons. The van der Waals surface area contributed by atoms with Crippen LogP contribution in [-0.4, -0.2) is 43.8 Å². The lowest BCUT2D eigenvalue weighted by Crippen LogP contribution is -2.55. The van der Waals surface area contributed by atoms with E-state index in [0.717, 1.165) is 37.7 Å². The molecule has 1 amide bonds. The quantitative estimate of drug-likeness (QED) is 0.439. The van der Waals surface area contributed by atoms with Gasteiger partial charge in [-0.25, -0.2) is 8.42 Å². The number of alkyl halides is 3. The van der Waals surface area contributed by atoms with Crippen molar-refractivity contribution in [1.82, 2.24) is 5.32 Å². The van der Waals surface area contributed by atoms with Gasteiger partial charge in [-0.1, -0.05) is 26.0 Å². The number of fused-ring (bicyclic) bond motifs is 5. The van der Waals surface area contributed by atoms with E-state index in [4.69, 9.17) is 0 Å². The fourth-order valence-corrected chi connectivity index (χ4v) is 9.89. The van der Waals surface area contributed by atoms with Crippen molar-refractivity contribution in [3.05, 3.63) is 12.2 Å². The Kier molecular flexibility index (Phi) is 6.52. The summed E-state index contributed by atoms with van der Waals surface area (Å²) in [4.78, 5) is 23.6. The Hall–Kier alpha value is -1.38. The van der Waals surface area contributed by atoms with Crippen molar-refractivity contribution < 1.29 is 31.2 Å². The molecular weight excluding hydrogens is 467 g/mol. The average molecular weight is 504 g/mol. The number of carbonyl (C=O) groups excluding carboxylic acids is 2. The summed E-state index contributed by atoms with van der Waals surface area (Å²) >= 11 is 0. The molecule has 0 aromatic rings. The van der Waals surface area contributed by atoms with Gasteiger partial charge in [0.2, 0.25) is 0 Å². The maximum atomic E-state index is 13.0. The maximum absolute atomic E-state index is 13.0. The molecule has 4 aliphatic rings. The summed E-state index contributed by atoms with van der Waals surface area (Å²) < 4.78 is 63.0. The number of sulfone groups is 1. The van der Waals surface area contributed by atoms with Crippen LogP contribution in [0, 0.1) is 34.5 Å². The first-order valence-electron chi connectivity index (χ1n) is 12.5. The molecule has 0 aliphatic heterocycles. The molecule has 34 heavy (non-hydrogen) atoms. The second-order valence-corrected chi connectivity index (χ2v) is 14.0. The van der Waals surface area contributed by atoms with Gasteiger partial charge in [0.15, 0.2) is 9.84 Å². The van der Waals surface area contributed by atoms with E-state index in [1.54, 1.807) is 5.32 Å². The molecule has 4 rings (SSSR count). The van der Waals surface area contributed by atoms with E-state index in [2.05, 4.69) is 20.4 Å². The Morgan fingerprint density at radius 1 is 1.15 bits per heavy atom. The van der Waals surface area contributed by atoms with Crippen LogP contribution in [0.5, 0.6) is 0 Å². The Labute approximate surface area is 200 Å². The standard InChI is InChI=1S/C25H36F3NO4S/c1-15-13-17-18-5-6-21(30)24(18,3)10-8-19(17)23(2)9-7-16(14-20(15)23)34(32,33)12-4-11-29-22(31)25(26,27)28/h16-20H,1,4-14H2,2-3H3,(H,29,31)/t16-,17+,18+,19+,20?,23-,24+/m1/s1. The van der Waals surface area contributed by atoms with E-state index in [0.29, 0.717) is 42.8 Å². The second-order valence-electron chi connectivity index (χ2n) is 11.6. The lowest BCUT2D eigenvalue weighted by Gasteiger charge is -2.60. The number of rotatable bonds is 5. The molecule has 0 heterocycles. The monoisotopic (exact) mass is 503 g/mol. The van der Waals surface area contributed by atoms with Crippen LogP contribution in [0.3, 0.4) is 0 Å². The number of carbonyl (C=O) groups is 2. The normalized spacial score (nSPS) is 40.3. The Morgan fingerprint density at radius 3 is 2.53 bits per heavy atom. The van der Waals surface area contributed by atoms with Gasteiger partial charge in [-0.05, 0) is 80.5 Å². The maximum Gasteiger partial charge on any atom is 0.471 e. The first-order chi connectivity index (χ1) is 15.7. The first kappa shape index (κ1) is 25.7. The van der Waals surface area contributed by atoms with Gasteiger partial charge in [-0.2, -0.15) is 13.2 Å². The topological polar surface area (TPSA) is 80.3 Å². The van der Waals surface area contributed by atoms with Crippen molar-refractivity contribution in [2.45, 2.75) is 83.1 Å². The first-order valence-corrected chi connectivity index (χ1v) is 14.2. The van der Waals surface area contributed by atoms with Crippen LogP contribution in [0.4, 0.5) is 13.2 Å². The van der Waals surface area contributed by atoms with Gasteiger partial charge in [-0.15, -0.1) is 0 Å². The van der Waals surface area contributed by atoms with Crippen molar-refractivity contribution in [2.24, 2.45) is 34.5 Å². The fourth-order valence-electron chi connectivity index (χ4n) is 8.05. The fraction of sp³-hybridized carbons (Fsp3) is 0.840. The van der Waals surface area contributed by atoms with E-state index in [9.17, 15) is 31.2 Å². The van der Waals surface area contributed by atoms with Crippen molar-refractivity contribution in [1.29, 1.82) is 0 Å². The highest BCUT2D eigenvalue weighted by atomic mass is 32.2. The third-order valence-corrected chi connectivity index (χ3v) is 12.2. The third-order valence-electron chi connectivity index (χ3n) is 9.94. The molecule has 1 N–H and O–H groups in total. The highest BCUT2D eigenvalue weighted by molar-refractivity contribution is 7.92. The van der Waals surface area contributed by atoms with Gasteiger partial charge in [0.25, 0.3) is 0 Å². The molecule has 9 heteroatoms. The molecule has 7 atom stereocenters. The zero-order chi connectivity index (χ0) is 25.1. The lowest BCUT2D eigenvalue weighted by atomic mass is 9.44. The number of hydrogen-bond acceptors (Lipinski definition) is 4. The SMILES string of the molecule is C=C1C[C@@H]2[C@H](CC[C@]3(C)C(=O)CC[C@@H]23)[C@@]2(C)CC[C@@H](S(=O)(=O)CCCNC(=O)C(F)(F)F)CC12. The molecule has 4 fully saturated rings. The van der Waals surface area contributed by atoms with Crippen LogP contribution in [0.2, 0.25) is 0 Å². The zero-order valence-corrected chi connectivity index (χ0v) is 20.9. The molecule has 0 radical (unpaired) electrons. The second kappa shape index (κ2) is 8.63. The minimum absolute atomic E-state index is 0.0281. The summed E-state index contributed by atoms with van der Waals surface area (Å²) in [6.45, 7) is 8.50. The Balaban J connectivity index is 1.41. The summed E-state index contributed by atoms with van der Waals surface area (Å²) in [6, 6.07) is 0. The molecule has 5 nitrogen and oxygen atoms in total. The van der Waals surface area contributed by atoms with Crippen molar-refractivity contribution >= 4 is 21.5 Å². The molecule has 0 aromatic carbocycles. The Morgan fingerprint density at radius 2 is 1.85 bits per heavy atom. The van der Waals surface area contributed by atoms with E-state index in [1.165, 1.54) is 0 Å². The summed E-state index contributed by atoms with van der Waals surface area (Å²) in [5, 5.41) is 1.22. The van der Waals surface area contributed by atoms with E-state index in [-0.39, 0.29) is 35.5 Å². The van der Waals surface area contributed by atoms with Gasteiger partial charge in [0.05, 0.1) is 11.0 Å². The lowest BCUT2D eigenvalue weighted by molar-refractivity contribution is -0.173. The van der Waals surface area contributed by atoms with Crippen LogP contribution in [-0.2, 0) is 19.4 Å². The number of Topliss-reactive ketones (excluding diaryl/α,β-unsaturated/α-hetero) is 1. The van der Waals surface area contributed by atoms with Crippen LogP contribution in [0.1, 0.15) is 71.6 Å². The van der Waals surface area contributed by atoms with Crippen molar-refractivity contribution in [2.75, 3.05) is 12.3 Å². The molecule has 4 saturated carbocycles. The number of hydrogen-bond donors (Lipinski definition) is 1. The minimum atomic E-state index is -4.96.